The molecule has 0 spiro atoms. The van der Waals surface area contributed by atoms with Gasteiger partial charge in [0.15, 0.2) is 5.13 Å². The van der Waals surface area contributed by atoms with Crippen LogP contribution in [0.25, 0.3) is 10.2 Å². The van der Waals surface area contributed by atoms with Gasteiger partial charge in [-0.2, -0.15) is 0 Å². The van der Waals surface area contributed by atoms with E-state index in [0.29, 0.717) is 41.2 Å². The van der Waals surface area contributed by atoms with Crippen LogP contribution in [0, 0.1) is 11.6 Å². The molecule has 0 aliphatic carbocycles. The zero-order chi connectivity index (χ0) is 21.8. The van der Waals surface area contributed by atoms with Crippen molar-refractivity contribution in [1.82, 2.24) is 9.88 Å². The lowest BCUT2D eigenvalue weighted by Gasteiger charge is -2.21. The Hall–Kier alpha value is -2.78. The molecule has 6 nitrogen and oxygen atoms in total. The molecule has 0 radical (unpaired) electrons. The molecule has 3 aromatic rings. The van der Waals surface area contributed by atoms with Crippen LogP contribution >= 0.6 is 11.3 Å². The lowest BCUT2D eigenvalue weighted by atomic mass is 10.1. The summed E-state index contributed by atoms with van der Waals surface area (Å²) in [6.45, 7) is 1.05. The monoisotopic (exact) mass is 435 g/mol. The molecular weight excluding hydrogens is 412 g/mol. The number of amides is 1. The van der Waals surface area contributed by atoms with E-state index < -0.39 is 17.5 Å². The molecule has 1 aromatic heterocycles. The lowest BCUT2D eigenvalue weighted by molar-refractivity contribution is 0.0982. The van der Waals surface area contributed by atoms with Crippen molar-refractivity contribution in [3.05, 3.63) is 47.5 Å². The van der Waals surface area contributed by atoms with Crippen molar-refractivity contribution in [1.29, 1.82) is 0 Å². The Kier molecular flexibility index (Phi) is 6.84. The van der Waals surface area contributed by atoms with Crippen LogP contribution < -0.4 is 14.4 Å². The number of aromatic nitrogens is 1. The summed E-state index contributed by atoms with van der Waals surface area (Å²) >= 11 is 1.26. The minimum Gasteiger partial charge on any atom is -0.495 e. The van der Waals surface area contributed by atoms with Crippen LogP contribution in [0.15, 0.2) is 30.3 Å². The number of hydrogen-bond donors (Lipinski definition) is 0. The van der Waals surface area contributed by atoms with Gasteiger partial charge in [0.25, 0.3) is 5.91 Å². The second-order valence-electron chi connectivity index (χ2n) is 6.88. The van der Waals surface area contributed by atoms with Gasteiger partial charge in [-0.15, -0.1) is 0 Å². The van der Waals surface area contributed by atoms with E-state index in [0.717, 1.165) is 23.4 Å². The van der Waals surface area contributed by atoms with E-state index in [1.165, 1.54) is 23.3 Å². The second kappa shape index (κ2) is 9.36. The first-order chi connectivity index (χ1) is 14.3. The number of rotatable bonds is 8. The predicted octanol–water partition coefficient (Wildman–Crippen LogP) is 4.19. The highest BCUT2D eigenvalue weighted by Crippen LogP contribution is 2.40. The molecule has 0 aliphatic rings. The number of methoxy groups -OCH3 is 2. The number of anilines is 1. The number of halogens is 2. The van der Waals surface area contributed by atoms with Crippen LogP contribution in [0.2, 0.25) is 0 Å². The SMILES string of the molecule is COc1ccc(OC)c2sc(N(CCCN(C)C)C(=O)c3ccc(F)cc3F)nc12. The number of nitrogens with zero attached hydrogens (tertiary/aromatic N) is 3. The van der Waals surface area contributed by atoms with Crippen molar-refractivity contribution in [3.63, 3.8) is 0 Å². The van der Waals surface area contributed by atoms with Crippen molar-refractivity contribution in [2.45, 2.75) is 6.42 Å². The van der Waals surface area contributed by atoms with Gasteiger partial charge in [0.2, 0.25) is 0 Å². The molecule has 0 atom stereocenters. The molecule has 30 heavy (non-hydrogen) atoms. The Morgan fingerprint density at radius 2 is 1.77 bits per heavy atom. The quantitative estimate of drug-likeness (QED) is 0.531. The minimum atomic E-state index is -0.908. The molecule has 0 fully saturated rings. The average Bonchev–Trinajstić information content (AvgIpc) is 3.14. The third kappa shape index (κ3) is 4.52. The normalized spacial score (nSPS) is 11.2. The Bertz CT molecular complexity index is 1010. The molecule has 3 rings (SSSR count). The van der Waals surface area contributed by atoms with Gasteiger partial charge in [-0.3, -0.25) is 9.69 Å². The number of carbonyl (C=O) groups is 1. The molecule has 2 aromatic carbocycles. The maximum absolute atomic E-state index is 14.3. The summed E-state index contributed by atoms with van der Waals surface area (Å²) in [6.07, 6.45) is 0.645. The summed E-state index contributed by atoms with van der Waals surface area (Å²) in [5.41, 5.74) is 0.348. The molecule has 0 bridgehead atoms. The van der Waals surface area contributed by atoms with Crippen LogP contribution in [0.1, 0.15) is 16.8 Å². The second-order valence-corrected chi connectivity index (χ2v) is 7.86. The maximum Gasteiger partial charge on any atom is 0.263 e. The molecule has 0 saturated carbocycles. The largest absolute Gasteiger partial charge is 0.495 e. The molecule has 1 heterocycles. The smallest absolute Gasteiger partial charge is 0.263 e. The Labute approximate surface area is 177 Å². The first-order valence-electron chi connectivity index (χ1n) is 9.29. The maximum atomic E-state index is 14.3. The number of thiazole rings is 1. The van der Waals surface area contributed by atoms with Crippen molar-refractivity contribution in [3.8, 4) is 11.5 Å². The first kappa shape index (κ1) is 21.9. The van der Waals surface area contributed by atoms with Crippen LogP contribution in [-0.2, 0) is 0 Å². The summed E-state index contributed by atoms with van der Waals surface area (Å²) in [4.78, 5) is 21.2. The summed E-state index contributed by atoms with van der Waals surface area (Å²) in [5.74, 6) is -1.08. The first-order valence-corrected chi connectivity index (χ1v) is 10.1. The summed E-state index contributed by atoms with van der Waals surface area (Å²) in [6, 6.07) is 6.43. The number of benzene rings is 2. The summed E-state index contributed by atoms with van der Waals surface area (Å²) in [5, 5.41) is 0.389. The Morgan fingerprint density at radius 3 is 2.40 bits per heavy atom. The van der Waals surface area contributed by atoms with E-state index in [4.69, 9.17) is 9.47 Å². The van der Waals surface area contributed by atoms with Crippen LogP contribution in [0.4, 0.5) is 13.9 Å². The molecule has 0 unspecified atom stereocenters. The zero-order valence-corrected chi connectivity index (χ0v) is 18.1. The number of fused-ring (bicyclic) bond motifs is 1. The molecular formula is C21H23F2N3O3S. The molecule has 1 amide bonds. The van der Waals surface area contributed by atoms with E-state index in [1.54, 1.807) is 19.2 Å². The Morgan fingerprint density at radius 1 is 1.07 bits per heavy atom. The van der Waals surface area contributed by atoms with Gasteiger partial charge in [-0.05, 0) is 51.3 Å². The van der Waals surface area contributed by atoms with Crippen molar-refractivity contribution >= 4 is 32.6 Å². The van der Waals surface area contributed by atoms with Crippen LogP contribution in [0.5, 0.6) is 11.5 Å². The van der Waals surface area contributed by atoms with Crippen molar-refractivity contribution in [2.75, 3.05) is 46.3 Å². The highest BCUT2D eigenvalue weighted by Gasteiger charge is 2.25. The fourth-order valence-electron chi connectivity index (χ4n) is 3.03. The lowest BCUT2D eigenvalue weighted by Crippen LogP contribution is -2.34. The van der Waals surface area contributed by atoms with E-state index >= 15 is 0 Å². The molecule has 0 saturated heterocycles. The third-order valence-corrected chi connectivity index (χ3v) is 5.62. The van der Waals surface area contributed by atoms with Gasteiger partial charge < -0.3 is 14.4 Å². The summed E-state index contributed by atoms with van der Waals surface area (Å²) in [7, 11) is 6.95. The van der Waals surface area contributed by atoms with E-state index in [-0.39, 0.29) is 5.56 Å². The highest BCUT2D eigenvalue weighted by atomic mass is 32.1. The topological polar surface area (TPSA) is 54.9 Å². The van der Waals surface area contributed by atoms with Crippen LogP contribution in [-0.4, -0.2) is 57.2 Å². The van der Waals surface area contributed by atoms with Gasteiger partial charge >= 0.3 is 0 Å². The molecule has 0 N–H and O–H groups in total. The number of carbonyl (C=O) groups excluding carboxylic acids is 1. The molecule has 160 valence electrons. The Balaban J connectivity index is 2.06. The predicted molar refractivity (Wildman–Crippen MR) is 114 cm³/mol. The number of hydrogen-bond acceptors (Lipinski definition) is 6. The zero-order valence-electron chi connectivity index (χ0n) is 17.2. The van der Waals surface area contributed by atoms with Crippen molar-refractivity contribution in [2.24, 2.45) is 0 Å². The van der Waals surface area contributed by atoms with Gasteiger partial charge in [0.05, 0.1) is 19.8 Å². The fourth-order valence-corrected chi connectivity index (χ4v) is 4.13. The molecule has 9 heteroatoms. The highest BCUT2D eigenvalue weighted by molar-refractivity contribution is 7.22. The van der Waals surface area contributed by atoms with Gasteiger partial charge in [0, 0.05) is 12.6 Å². The molecule has 0 aliphatic heterocycles. The number of ether oxygens (including phenoxy) is 2. The standard InChI is InChI=1S/C21H23F2N3O3S/c1-25(2)10-5-11-26(20(27)14-7-6-13(22)12-15(14)23)21-24-18-16(28-3)8-9-17(29-4)19(18)30-21/h6-9,12H,5,10-11H2,1-4H3. The third-order valence-electron chi connectivity index (χ3n) is 4.52. The van der Waals surface area contributed by atoms with Gasteiger partial charge in [-0.1, -0.05) is 11.3 Å². The van der Waals surface area contributed by atoms with Crippen molar-refractivity contribution < 1.29 is 23.0 Å². The van der Waals surface area contributed by atoms with E-state index in [9.17, 15) is 13.6 Å². The average molecular weight is 435 g/mol. The minimum absolute atomic E-state index is 0.209. The summed E-state index contributed by atoms with van der Waals surface area (Å²) < 4.78 is 39.2. The van der Waals surface area contributed by atoms with E-state index in [1.807, 2.05) is 19.0 Å². The van der Waals surface area contributed by atoms with Crippen LogP contribution in [0.3, 0.4) is 0 Å². The van der Waals surface area contributed by atoms with Gasteiger partial charge in [0.1, 0.15) is 33.4 Å². The van der Waals surface area contributed by atoms with E-state index in [2.05, 4.69) is 4.98 Å². The van der Waals surface area contributed by atoms with Gasteiger partial charge in [-0.25, -0.2) is 13.8 Å². The fraction of sp³-hybridized carbons (Fsp3) is 0.333.